The molecule has 0 aromatic heterocycles. The standard InChI is InChI=1S/C11H17BrN2O3S/c1-8(2)7-14(17-3)18(15,16)9-4-5-10(12)11(13)6-9/h4-6,8H,7,13H2,1-3H3. The van der Waals surface area contributed by atoms with Crippen molar-refractivity contribution in [2.24, 2.45) is 5.92 Å². The van der Waals surface area contributed by atoms with Crippen LogP contribution >= 0.6 is 15.9 Å². The summed E-state index contributed by atoms with van der Waals surface area (Å²) in [6.07, 6.45) is 0. The van der Waals surface area contributed by atoms with Gasteiger partial charge in [-0.3, -0.25) is 4.84 Å². The number of benzene rings is 1. The summed E-state index contributed by atoms with van der Waals surface area (Å²) in [6.45, 7) is 4.11. The predicted octanol–water partition coefficient (Wildman–Crippen LogP) is 2.24. The fourth-order valence-corrected chi connectivity index (χ4v) is 3.06. The van der Waals surface area contributed by atoms with Crippen LogP contribution in [0.25, 0.3) is 0 Å². The van der Waals surface area contributed by atoms with Crippen LogP contribution in [-0.2, 0) is 14.9 Å². The third kappa shape index (κ3) is 3.44. The second-order valence-corrected chi connectivity index (χ2v) is 6.93. The number of hydrogen-bond donors (Lipinski definition) is 1. The van der Waals surface area contributed by atoms with Crippen LogP contribution in [-0.4, -0.2) is 26.5 Å². The molecule has 0 saturated heterocycles. The number of halogens is 1. The fourth-order valence-electron chi connectivity index (χ4n) is 1.37. The molecule has 1 aromatic rings. The number of rotatable bonds is 5. The van der Waals surface area contributed by atoms with Gasteiger partial charge >= 0.3 is 0 Å². The van der Waals surface area contributed by atoms with Gasteiger partial charge in [-0.05, 0) is 40.0 Å². The smallest absolute Gasteiger partial charge is 0.265 e. The number of anilines is 1. The minimum Gasteiger partial charge on any atom is -0.398 e. The Morgan fingerprint density at radius 2 is 2.06 bits per heavy atom. The van der Waals surface area contributed by atoms with Crippen molar-refractivity contribution in [3.05, 3.63) is 22.7 Å². The van der Waals surface area contributed by atoms with E-state index in [-0.39, 0.29) is 17.4 Å². The van der Waals surface area contributed by atoms with Crippen LogP contribution in [0.15, 0.2) is 27.6 Å². The van der Waals surface area contributed by atoms with Gasteiger partial charge in [-0.15, -0.1) is 0 Å². The van der Waals surface area contributed by atoms with E-state index in [1.54, 1.807) is 6.07 Å². The van der Waals surface area contributed by atoms with E-state index in [4.69, 9.17) is 10.6 Å². The third-order valence-corrected chi connectivity index (χ3v) is 4.66. The fraction of sp³-hybridized carbons (Fsp3) is 0.455. The Morgan fingerprint density at radius 3 is 2.50 bits per heavy atom. The first-order chi connectivity index (χ1) is 8.28. The van der Waals surface area contributed by atoms with Gasteiger partial charge < -0.3 is 5.73 Å². The molecule has 1 aromatic carbocycles. The lowest BCUT2D eigenvalue weighted by Crippen LogP contribution is -2.33. The van der Waals surface area contributed by atoms with Crippen molar-refractivity contribution >= 4 is 31.6 Å². The highest BCUT2D eigenvalue weighted by atomic mass is 79.9. The van der Waals surface area contributed by atoms with Crippen molar-refractivity contribution in [1.29, 1.82) is 0 Å². The first-order valence-corrected chi connectivity index (χ1v) is 7.64. The number of hydroxylamine groups is 1. The number of nitrogens with two attached hydrogens (primary N) is 1. The average Bonchev–Trinajstić information content (AvgIpc) is 2.28. The van der Waals surface area contributed by atoms with Crippen LogP contribution in [0.5, 0.6) is 0 Å². The van der Waals surface area contributed by atoms with Crippen molar-refractivity contribution < 1.29 is 13.3 Å². The SMILES string of the molecule is CON(CC(C)C)S(=O)(=O)c1ccc(Br)c(N)c1. The number of hydrogen-bond acceptors (Lipinski definition) is 4. The molecule has 18 heavy (non-hydrogen) atoms. The Labute approximate surface area is 116 Å². The molecule has 0 saturated carbocycles. The first-order valence-electron chi connectivity index (χ1n) is 5.41. The second kappa shape index (κ2) is 6.01. The molecule has 2 N–H and O–H groups in total. The Hall–Kier alpha value is -0.630. The van der Waals surface area contributed by atoms with E-state index in [2.05, 4.69) is 15.9 Å². The molecule has 0 aliphatic rings. The lowest BCUT2D eigenvalue weighted by atomic mass is 10.2. The third-order valence-electron chi connectivity index (χ3n) is 2.25. The Bertz CT molecular complexity index is 517. The van der Waals surface area contributed by atoms with Gasteiger partial charge in [-0.2, -0.15) is 0 Å². The van der Waals surface area contributed by atoms with E-state index in [9.17, 15) is 8.42 Å². The lowest BCUT2D eigenvalue weighted by molar-refractivity contribution is -0.0557. The van der Waals surface area contributed by atoms with Crippen molar-refractivity contribution in [2.75, 3.05) is 19.4 Å². The maximum Gasteiger partial charge on any atom is 0.265 e. The minimum absolute atomic E-state index is 0.116. The van der Waals surface area contributed by atoms with Gasteiger partial charge in [0, 0.05) is 16.7 Å². The molecule has 7 heteroatoms. The molecular weight excluding hydrogens is 320 g/mol. The summed E-state index contributed by atoms with van der Waals surface area (Å²) in [5.41, 5.74) is 6.06. The molecule has 0 spiro atoms. The van der Waals surface area contributed by atoms with E-state index < -0.39 is 10.0 Å². The van der Waals surface area contributed by atoms with Gasteiger partial charge in [0.2, 0.25) is 0 Å². The van der Waals surface area contributed by atoms with E-state index in [1.807, 2.05) is 13.8 Å². The molecule has 0 unspecified atom stereocenters. The minimum atomic E-state index is -3.68. The lowest BCUT2D eigenvalue weighted by Gasteiger charge is -2.21. The van der Waals surface area contributed by atoms with Crippen LogP contribution < -0.4 is 5.73 Å². The molecule has 0 heterocycles. The normalized spacial score (nSPS) is 12.3. The molecule has 0 aliphatic carbocycles. The highest BCUT2D eigenvalue weighted by Gasteiger charge is 2.25. The van der Waals surface area contributed by atoms with E-state index in [1.165, 1.54) is 19.2 Å². The maximum atomic E-state index is 12.3. The zero-order valence-corrected chi connectivity index (χ0v) is 13.0. The van der Waals surface area contributed by atoms with Crippen LogP contribution in [0.2, 0.25) is 0 Å². The Kier molecular flexibility index (Phi) is 5.15. The summed E-state index contributed by atoms with van der Waals surface area (Å²) in [4.78, 5) is 5.06. The number of nitrogen functional groups attached to an aromatic ring is 1. The molecule has 0 radical (unpaired) electrons. The van der Waals surface area contributed by atoms with Gasteiger partial charge in [0.05, 0.1) is 12.0 Å². The van der Waals surface area contributed by atoms with E-state index in [0.717, 1.165) is 4.47 Å². The van der Waals surface area contributed by atoms with Crippen molar-refractivity contribution in [2.45, 2.75) is 18.7 Å². The summed E-state index contributed by atoms with van der Waals surface area (Å²) in [5, 5.41) is 0. The molecule has 0 fully saturated rings. The van der Waals surface area contributed by atoms with Gasteiger partial charge in [0.15, 0.2) is 0 Å². The molecule has 5 nitrogen and oxygen atoms in total. The number of sulfonamides is 1. The van der Waals surface area contributed by atoms with Crippen LogP contribution in [0.4, 0.5) is 5.69 Å². The molecule has 0 aliphatic heterocycles. The number of nitrogens with zero attached hydrogens (tertiary/aromatic N) is 1. The van der Waals surface area contributed by atoms with Gasteiger partial charge in [-0.1, -0.05) is 18.3 Å². The predicted molar refractivity (Wildman–Crippen MR) is 74.3 cm³/mol. The Balaban J connectivity index is 3.14. The van der Waals surface area contributed by atoms with E-state index in [0.29, 0.717) is 10.2 Å². The van der Waals surface area contributed by atoms with Crippen LogP contribution in [0, 0.1) is 5.92 Å². The second-order valence-electron chi connectivity index (χ2n) is 4.25. The van der Waals surface area contributed by atoms with Gasteiger partial charge in [0.1, 0.15) is 0 Å². The highest BCUT2D eigenvalue weighted by molar-refractivity contribution is 9.10. The molecule has 102 valence electrons. The Morgan fingerprint density at radius 1 is 1.44 bits per heavy atom. The first kappa shape index (κ1) is 15.4. The molecule has 1 rings (SSSR count). The zero-order chi connectivity index (χ0) is 13.9. The maximum absolute atomic E-state index is 12.3. The molecule has 0 bridgehead atoms. The average molecular weight is 337 g/mol. The van der Waals surface area contributed by atoms with Gasteiger partial charge in [0.25, 0.3) is 10.0 Å². The monoisotopic (exact) mass is 336 g/mol. The van der Waals surface area contributed by atoms with Gasteiger partial charge in [-0.25, -0.2) is 8.42 Å². The van der Waals surface area contributed by atoms with E-state index >= 15 is 0 Å². The van der Waals surface area contributed by atoms with Crippen LogP contribution in [0.3, 0.4) is 0 Å². The van der Waals surface area contributed by atoms with Crippen molar-refractivity contribution in [3.63, 3.8) is 0 Å². The molecule has 0 atom stereocenters. The summed E-state index contributed by atoms with van der Waals surface area (Å²) in [5.74, 6) is 0.160. The van der Waals surface area contributed by atoms with Crippen LogP contribution in [0.1, 0.15) is 13.8 Å². The quantitative estimate of drug-likeness (QED) is 0.661. The highest BCUT2D eigenvalue weighted by Crippen LogP contribution is 2.25. The summed E-state index contributed by atoms with van der Waals surface area (Å²) < 4.78 is 26.2. The summed E-state index contributed by atoms with van der Waals surface area (Å²) in [6, 6.07) is 4.50. The topological polar surface area (TPSA) is 72.6 Å². The summed E-state index contributed by atoms with van der Waals surface area (Å²) in [7, 11) is -2.34. The largest absolute Gasteiger partial charge is 0.398 e. The summed E-state index contributed by atoms with van der Waals surface area (Å²) >= 11 is 3.23. The zero-order valence-electron chi connectivity index (χ0n) is 10.6. The molecular formula is C11H17BrN2O3S. The molecule has 0 amide bonds. The van der Waals surface area contributed by atoms with Crippen molar-refractivity contribution in [3.8, 4) is 0 Å². The van der Waals surface area contributed by atoms with Crippen molar-refractivity contribution in [1.82, 2.24) is 4.47 Å².